The monoisotopic (exact) mass is 429 g/mol. The van der Waals surface area contributed by atoms with E-state index in [1.807, 2.05) is 53.1 Å². The summed E-state index contributed by atoms with van der Waals surface area (Å²) in [5.74, 6) is 0.540. The van der Waals surface area contributed by atoms with E-state index < -0.39 is 0 Å². The Labute approximate surface area is 185 Å². The van der Waals surface area contributed by atoms with Crippen LogP contribution in [-0.2, 0) is 11.3 Å². The van der Waals surface area contributed by atoms with Crippen LogP contribution in [0.15, 0.2) is 67.0 Å². The normalized spacial score (nSPS) is 17.6. The van der Waals surface area contributed by atoms with E-state index in [2.05, 4.69) is 15.0 Å². The van der Waals surface area contributed by atoms with Crippen LogP contribution in [0.5, 0.6) is 5.88 Å². The van der Waals surface area contributed by atoms with Gasteiger partial charge in [0, 0.05) is 6.04 Å². The van der Waals surface area contributed by atoms with Crippen molar-refractivity contribution in [1.82, 2.24) is 19.5 Å². The van der Waals surface area contributed by atoms with Crippen LogP contribution in [0.3, 0.4) is 0 Å². The molecule has 8 heteroatoms. The first-order chi connectivity index (χ1) is 15.7. The van der Waals surface area contributed by atoms with Crippen molar-refractivity contribution in [2.45, 2.75) is 25.5 Å². The molecule has 2 heterocycles. The van der Waals surface area contributed by atoms with Crippen molar-refractivity contribution in [3.8, 4) is 5.88 Å². The molecule has 2 aromatic heterocycles. The molecule has 2 aromatic carbocycles. The number of carbonyl (C=O) groups is 1. The van der Waals surface area contributed by atoms with Crippen LogP contribution in [0.2, 0.25) is 0 Å². The van der Waals surface area contributed by atoms with Crippen LogP contribution in [0.1, 0.15) is 34.8 Å². The average molecular weight is 429 g/mol. The second-order valence-electron chi connectivity index (χ2n) is 7.94. The Morgan fingerprint density at radius 3 is 2.50 bits per heavy atom. The fourth-order valence-corrected chi connectivity index (χ4v) is 3.92. The highest BCUT2D eigenvalue weighted by atomic mass is 16.5. The Balaban J connectivity index is 1.23. The van der Waals surface area contributed by atoms with Gasteiger partial charge in [0.25, 0.3) is 0 Å². The molecule has 1 saturated carbocycles. The first kappa shape index (κ1) is 20.0. The van der Waals surface area contributed by atoms with Gasteiger partial charge in [0.1, 0.15) is 6.61 Å². The second kappa shape index (κ2) is 8.66. The van der Waals surface area contributed by atoms with Gasteiger partial charge in [-0.25, -0.2) is 9.78 Å². The lowest BCUT2D eigenvalue weighted by Crippen LogP contribution is -2.30. The zero-order valence-corrected chi connectivity index (χ0v) is 17.4. The molecule has 0 aliphatic heterocycles. The van der Waals surface area contributed by atoms with Gasteiger partial charge in [0.2, 0.25) is 11.8 Å². The quantitative estimate of drug-likeness (QED) is 0.446. The maximum absolute atomic E-state index is 12.1. The van der Waals surface area contributed by atoms with Gasteiger partial charge in [-0.3, -0.25) is 0 Å². The van der Waals surface area contributed by atoms with Crippen LogP contribution in [0.4, 0.5) is 5.95 Å². The molecule has 0 unspecified atom stereocenters. The topological polar surface area (TPSA) is 105 Å². The molecule has 0 spiro atoms. The third-order valence-corrected chi connectivity index (χ3v) is 5.69. The fraction of sp³-hybridized carbons (Fsp3) is 0.250. The van der Waals surface area contributed by atoms with Crippen molar-refractivity contribution >= 4 is 23.1 Å². The third kappa shape index (κ3) is 4.12. The number of nitrogens with two attached hydrogens (primary N) is 1. The number of fused-ring (bicyclic) bond motifs is 1. The van der Waals surface area contributed by atoms with E-state index >= 15 is 0 Å². The summed E-state index contributed by atoms with van der Waals surface area (Å²) in [6, 6.07) is 19.1. The number of carbonyl (C=O) groups excluding carboxylic acids is 1. The molecule has 1 aliphatic carbocycles. The lowest BCUT2D eigenvalue weighted by Gasteiger charge is -2.35. The predicted molar refractivity (Wildman–Crippen MR) is 119 cm³/mol. The largest absolute Gasteiger partial charge is 0.471 e. The predicted octanol–water partition coefficient (Wildman–Crippen LogP) is 3.80. The molecule has 0 atom stereocenters. The summed E-state index contributed by atoms with van der Waals surface area (Å²) in [4.78, 5) is 25.2. The number of esters is 1. The van der Waals surface area contributed by atoms with Crippen LogP contribution >= 0.6 is 0 Å². The van der Waals surface area contributed by atoms with Crippen molar-refractivity contribution in [3.63, 3.8) is 0 Å². The minimum atomic E-state index is -0.289. The zero-order chi connectivity index (χ0) is 21.9. The van der Waals surface area contributed by atoms with E-state index in [9.17, 15) is 4.79 Å². The molecule has 0 radical (unpaired) electrons. The van der Waals surface area contributed by atoms with Crippen molar-refractivity contribution in [3.05, 3.63) is 78.1 Å². The molecule has 0 bridgehead atoms. The molecule has 0 amide bonds. The van der Waals surface area contributed by atoms with Crippen LogP contribution in [0.25, 0.3) is 11.2 Å². The number of imidazole rings is 1. The van der Waals surface area contributed by atoms with Gasteiger partial charge in [0.15, 0.2) is 11.2 Å². The van der Waals surface area contributed by atoms with E-state index in [4.69, 9.17) is 15.2 Å². The Kier molecular flexibility index (Phi) is 5.41. The van der Waals surface area contributed by atoms with E-state index in [-0.39, 0.29) is 18.0 Å². The van der Waals surface area contributed by atoms with Gasteiger partial charge in [-0.05, 0) is 36.5 Å². The van der Waals surface area contributed by atoms with Gasteiger partial charge in [-0.15, -0.1) is 0 Å². The number of aromatic nitrogens is 4. The molecular formula is C24H23N5O3. The highest BCUT2D eigenvalue weighted by molar-refractivity contribution is 5.89. The molecule has 1 fully saturated rings. The number of hydrogen-bond donors (Lipinski definition) is 1. The van der Waals surface area contributed by atoms with Crippen molar-refractivity contribution < 1.29 is 14.3 Å². The smallest absolute Gasteiger partial charge is 0.338 e. The van der Waals surface area contributed by atoms with Gasteiger partial charge >= 0.3 is 5.97 Å². The van der Waals surface area contributed by atoms with Crippen molar-refractivity contribution in [2.75, 3.05) is 12.3 Å². The fourth-order valence-electron chi connectivity index (χ4n) is 3.92. The number of hydrogen-bond acceptors (Lipinski definition) is 7. The first-order valence-electron chi connectivity index (χ1n) is 10.6. The molecular weight excluding hydrogens is 406 g/mol. The Hall–Kier alpha value is -3.94. The summed E-state index contributed by atoms with van der Waals surface area (Å²) in [6.45, 7) is 0.775. The van der Waals surface area contributed by atoms with Gasteiger partial charge < -0.3 is 19.8 Å². The number of benzene rings is 2. The molecule has 162 valence electrons. The summed E-state index contributed by atoms with van der Waals surface area (Å²) >= 11 is 0. The lowest BCUT2D eigenvalue weighted by atomic mass is 9.80. The molecule has 8 nitrogen and oxygen atoms in total. The standard InChI is InChI=1S/C24H23N5O3/c25-24-27-21-20(22(28-24)31-13-16-7-3-1-4-8-16)26-15-29(21)19-11-17(12-19)14-32-23(30)18-9-5-2-6-10-18/h1-10,15,17,19H,11-14H2,(H2,25,27,28)/t17-,19+. The SMILES string of the molecule is Nc1nc(OCc2ccccc2)c2ncn([C@H]3C[C@@H](COC(=O)c4ccccc4)C3)c2n1. The third-order valence-electron chi connectivity index (χ3n) is 5.69. The van der Waals surface area contributed by atoms with E-state index in [0.717, 1.165) is 18.4 Å². The van der Waals surface area contributed by atoms with Gasteiger partial charge in [-0.1, -0.05) is 48.5 Å². The van der Waals surface area contributed by atoms with Gasteiger partial charge in [0.05, 0.1) is 18.5 Å². The molecule has 2 N–H and O–H groups in total. The van der Waals surface area contributed by atoms with E-state index in [1.54, 1.807) is 18.5 Å². The van der Waals surface area contributed by atoms with Crippen LogP contribution in [0, 0.1) is 5.92 Å². The Morgan fingerprint density at radius 2 is 1.75 bits per heavy atom. The molecule has 32 heavy (non-hydrogen) atoms. The maximum atomic E-state index is 12.1. The molecule has 0 saturated heterocycles. The minimum Gasteiger partial charge on any atom is -0.471 e. The number of ether oxygens (including phenoxy) is 2. The average Bonchev–Trinajstić information content (AvgIpc) is 3.21. The second-order valence-corrected chi connectivity index (χ2v) is 7.94. The number of rotatable bonds is 7. The number of anilines is 1. The van der Waals surface area contributed by atoms with E-state index in [0.29, 0.717) is 41.7 Å². The summed E-state index contributed by atoms with van der Waals surface area (Å²) in [7, 11) is 0. The van der Waals surface area contributed by atoms with Crippen LogP contribution < -0.4 is 10.5 Å². The Morgan fingerprint density at radius 1 is 1.03 bits per heavy atom. The highest BCUT2D eigenvalue weighted by Crippen LogP contribution is 2.40. The number of nitrogen functional groups attached to an aromatic ring is 1. The maximum Gasteiger partial charge on any atom is 0.338 e. The summed E-state index contributed by atoms with van der Waals surface area (Å²) < 4.78 is 13.4. The number of nitrogens with zero attached hydrogens (tertiary/aromatic N) is 4. The van der Waals surface area contributed by atoms with Crippen LogP contribution in [-0.4, -0.2) is 32.1 Å². The lowest BCUT2D eigenvalue weighted by molar-refractivity contribution is 0.0302. The van der Waals surface area contributed by atoms with Gasteiger partial charge in [-0.2, -0.15) is 9.97 Å². The first-order valence-corrected chi connectivity index (χ1v) is 10.6. The van der Waals surface area contributed by atoms with Crippen molar-refractivity contribution in [1.29, 1.82) is 0 Å². The Bertz CT molecular complexity index is 1220. The highest BCUT2D eigenvalue weighted by Gasteiger charge is 2.33. The summed E-state index contributed by atoms with van der Waals surface area (Å²) in [5.41, 5.74) is 8.79. The summed E-state index contributed by atoms with van der Waals surface area (Å²) in [5, 5.41) is 0. The molecule has 1 aliphatic rings. The van der Waals surface area contributed by atoms with E-state index in [1.165, 1.54) is 0 Å². The molecule has 5 rings (SSSR count). The van der Waals surface area contributed by atoms with Crippen molar-refractivity contribution in [2.24, 2.45) is 5.92 Å². The zero-order valence-electron chi connectivity index (χ0n) is 17.4. The summed E-state index contributed by atoms with van der Waals surface area (Å²) in [6.07, 6.45) is 3.50. The molecule has 4 aromatic rings. The minimum absolute atomic E-state index is 0.148.